The van der Waals surface area contributed by atoms with Gasteiger partial charge in [0.2, 0.25) is 0 Å². The molecule has 2 nitrogen and oxygen atoms in total. The van der Waals surface area contributed by atoms with Crippen molar-refractivity contribution in [3.05, 3.63) is 23.0 Å². The standard InChI is InChI=1S/C13H24N2/c1-4-12-7-11(6-5-10(12)2)8-13(9-14)15-3/h9,11,15H,4-8,14H2,1-3H3/b13-9-. The van der Waals surface area contributed by atoms with Crippen LogP contribution >= 0.6 is 0 Å². The molecule has 86 valence electrons. The molecule has 1 unspecified atom stereocenters. The van der Waals surface area contributed by atoms with Gasteiger partial charge in [-0.05, 0) is 44.9 Å². The van der Waals surface area contributed by atoms with Crippen LogP contribution in [0.25, 0.3) is 0 Å². The van der Waals surface area contributed by atoms with Crippen molar-refractivity contribution in [2.75, 3.05) is 7.05 Å². The van der Waals surface area contributed by atoms with Crippen LogP contribution in [0.15, 0.2) is 23.0 Å². The highest BCUT2D eigenvalue weighted by Gasteiger charge is 2.18. The zero-order chi connectivity index (χ0) is 11.3. The molecule has 0 aromatic carbocycles. The van der Waals surface area contributed by atoms with Crippen molar-refractivity contribution >= 4 is 0 Å². The van der Waals surface area contributed by atoms with Crippen molar-refractivity contribution in [1.82, 2.24) is 5.32 Å². The predicted molar refractivity (Wildman–Crippen MR) is 66.3 cm³/mol. The number of nitrogens with two attached hydrogens (primary N) is 1. The van der Waals surface area contributed by atoms with Gasteiger partial charge in [0.1, 0.15) is 0 Å². The molecule has 3 N–H and O–H groups in total. The van der Waals surface area contributed by atoms with Gasteiger partial charge in [0.15, 0.2) is 0 Å². The van der Waals surface area contributed by atoms with Crippen LogP contribution in [-0.4, -0.2) is 7.05 Å². The van der Waals surface area contributed by atoms with E-state index in [2.05, 4.69) is 19.2 Å². The summed E-state index contributed by atoms with van der Waals surface area (Å²) in [5.41, 5.74) is 10.0. The Kier molecular flexibility index (Phi) is 4.73. The summed E-state index contributed by atoms with van der Waals surface area (Å²) < 4.78 is 0. The molecule has 1 aliphatic rings. The van der Waals surface area contributed by atoms with Crippen LogP contribution in [0.5, 0.6) is 0 Å². The van der Waals surface area contributed by atoms with Crippen molar-refractivity contribution in [1.29, 1.82) is 0 Å². The summed E-state index contributed by atoms with van der Waals surface area (Å²) in [5.74, 6) is 0.783. The molecule has 0 aliphatic heterocycles. The maximum Gasteiger partial charge on any atom is 0.0264 e. The second-order valence-electron chi connectivity index (χ2n) is 4.49. The molecule has 0 aromatic rings. The van der Waals surface area contributed by atoms with E-state index < -0.39 is 0 Å². The Labute approximate surface area is 93.6 Å². The van der Waals surface area contributed by atoms with Gasteiger partial charge in [0.05, 0.1) is 0 Å². The smallest absolute Gasteiger partial charge is 0.0264 e. The molecule has 1 atom stereocenters. The molecule has 1 rings (SSSR count). The topological polar surface area (TPSA) is 38.0 Å². The Morgan fingerprint density at radius 2 is 2.33 bits per heavy atom. The molecule has 0 aromatic heterocycles. The van der Waals surface area contributed by atoms with E-state index in [0.29, 0.717) is 0 Å². The maximum atomic E-state index is 5.56. The summed E-state index contributed by atoms with van der Waals surface area (Å²) in [4.78, 5) is 0. The quantitative estimate of drug-likeness (QED) is 0.697. The average molecular weight is 208 g/mol. The van der Waals surface area contributed by atoms with Gasteiger partial charge in [-0.2, -0.15) is 0 Å². The molecule has 0 saturated carbocycles. The van der Waals surface area contributed by atoms with Gasteiger partial charge in [-0.1, -0.05) is 18.1 Å². The normalized spacial score (nSPS) is 23.1. The fourth-order valence-corrected chi connectivity index (χ4v) is 2.41. The number of nitrogens with one attached hydrogen (secondary N) is 1. The van der Waals surface area contributed by atoms with Gasteiger partial charge >= 0.3 is 0 Å². The second-order valence-corrected chi connectivity index (χ2v) is 4.49. The van der Waals surface area contributed by atoms with Gasteiger partial charge in [-0.25, -0.2) is 0 Å². The number of hydrogen-bond acceptors (Lipinski definition) is 2. The Morgan fingerprint density at radius 1 is 1.60 bits per heavy atom. The van der Waals surface area contributed by atoms with Gasteiger partial charge in [0, 0.05) is 18.9 Å². The fourth-order valence-electron chi connectivity index (χ4n) is 2.41. The number of hydrogen-bond donors (Lipinski definition) is 2. The summed E-state index contributed by atoms with van der Waals surface area (Å²) in [7, 11) is 1.95. The van der Waals surface area contributed by atoms with E-state index in [-0.39, 0.29) is 0 Å². The SMILES string of the molecule is CCC1=C(C)CCC(C/C(=C/N)NC)C1. The van der Waals surface area contributed by atoms with Crippen molar-refractivity contribution in [3.63, 3.8) is 0 Å². The third kappa shape index (κ3) is 3.29. The highest BCUT2D eigenvalue weighted by atomic mass is 14.8. The zero-order valence-corrected chi connectivity index (χ0v) is 10.3. The van der Waals surface area contributed by atoms with E-state index in [1.54, 1.807) is 17.3 Å². The number of allylic oxidation sites excluding steroid dienone is 3. The Bertz CT molecular complexity index is 264. The highest BCUT2D eigenvalue weighted by molar-refractivity contribution is 5.16. The molecule has 0 radical (unpaired) electrons. The van der Waals surface area contributed by atoms with Crippen molar-refractivity contribution in [3.8, 4) is 0 Å². The minimum Gasteiger partial charge on any atom is -0.403 e. The largest absolute Gasteiger partial charge is 0.403 e. The maximum absolute atomic E-state index is 5.56. The van der Waals surface area contributed by atoms with E-state index in [1.807, 2.05) is 7.05 Å². The molecule has 1 aliphatic carbocycles. The van der Waals surface area contributed by atoms with Gasteiger partial charge in [-0.3, -0.25) is 0 Å². The first-order valence-electron chi connectivity index (χ1n) is 5.97. The lowest BCUT2D eigenvalue weighted by Gasteiger charge is -2.26. The van der Waals surface area contributed by atoms with E-state index in [0.717, 1.165) is 12.3 Å². The van der Waals surface area contributed by atoms with E-state index >= 15 is 0 Å². The summed E-state index contributed by atoms with van der Waals surface area (Å²) in [6, 6.07) is 0. The second kappa shape index (κ2) is 5.84. The molecule has 0 fully saturated rings. The number of rotatable bonds is 4. The van der Waals surface area contributed by atoms with Crippen LogP contribution in [-0.2, 0) is 0 Å². The average Bonchev–Trinajstić information content (AvgIpc) is 2.28. The van der Waals surface area contributed by atoms with Crippen LogP contribution in [0.3, 0.4) is 0 Å². The van der Waals surface area contributed by atoms with Gasteiger partial charge in [-0.15, -0.1) is 0 Å². The lowest BCUT2D eigenvalue weighted by Crippen LogP contribution is -2.16. The molecular formula is C13H24N2. The van der Waals surface area contributed by atoms with E-state index in [9.17, 15) is 0 Å². The summed E-state index contributed by atoms with van der Waals surface area (Å²) >= 11 is 0. The molecule has 0 saturated heterocycles. The Balaban J connectivity index is 2.55. The van der Waals surface area contributed by atoms with E-state index in [4.69, 9.17) is 5.73 Å². The Hall–Kier alpha value is -0.920. The summed E-state index contributed by atoms with van der Waals surface area (Å²) in [6.45, 7) is 4.55. The molecule has 15 heavy (non-hydrogen) atoms. The van der Waals surface area contributed by atoms with Crippen molar-refractivity contribution in [2.24, 2.45) is 11.7 Å². The summed E-state index contributed by atoms with van der Waals surface area (Å²) in [5, 5.41) is 3.16. The van der Waals surface area contributed by atoms with Crippen molar-refractivity contribution < 1.29 is 0 Å². The van der Waals surface area contributed by atoms with Gasteiger partial charge in [0.25, 0.3) is 0 Å². The van der Waals surface area contributed by atoms with Crippen LogP contribution in [0.2, 0.25) is 0 Å². The third-order valence-electron chi connectivity index (χ3n) is 3.52. The molecule has 2 heteroatoms. The molecule has 0 amide bonds. The van der Waals surface area contributed by atoms with Crippen LogP contribution in [0.1, 0.15) is 46.0 Å². The fraction of sp³-hybridized carbons (Fsp3) is 0.692. The molecule has 0 heterocycles. The zero-order valence-electron chi connectivity index (χ0n) is 10.3. The monoisotopic (exact) mass is 208 g/mol. The van der Waals surface area contributed by atoms with Crippen LogP contribution in [0.4, 0.5) is 0 Å². The minimum atomic E-state index is 0.783. The lowest BCUT2D eigenvalue weighted by molar-refractivity contribution is 0.437. The lowest BCUT2D eigenvalue weighted by atomic mass is 9.81. The van der Waals surface area contributed by atoms with E-state index in [1.165, 1.54) is 31.4 Å². The molecule has 0 bridgehead atoms. The Morgan fingerprint density at radius 3 is 2.87 bits per heavy atom. The summed E-state index contributed by atoms with van der Waals surface area (Å²) in [6.07, 6.45) is 7.87. The van der Waals surface area contributed by atoms with Crippen molar-refractivity contribution in [2.45, 2.75) is 46.0 Å². The highest BCUT2D eigenvalue weighted by Crippen LogP contribution is 2.33. The van der Waals surface area contributed by atoms with Crippen LogP contribution in [0, 0.1) is 5.92 Å². The van der Waals surface area contributed by atoms with Gasteiger partial charge < -0.3 is 11.1 Å². The first kappa shape index (κ1) is 12.2. The minimum absolute atomic E-state index is 0.783. The first-order chi connectivity index (χ1) is 7.21. The molecule has 0 spiro atoms. The predicted octanol–water partition coefficient (Wildman–Crippen LogP) is 2.92. The third-order valence-corrected chi connectivity index (χ3v) is 3.52. The molecular weight excluding hydrogens is 184 g/mol. The van der Waals surface area contributed by atoms with Crippen LogP contribution < -0.4 is 11.1 Å². The first-order valence-corrected chi connectivity index (χ1v) is 5.97.